The molecule has 0 unspecified atom stereocenters. The third-order valence-electron chi connectivity index (χ3n) is 3.81. The van der Waals surface area contributed by atoms with Crippen molar-refractivity contribution in [1.82, 2.24) is 10.6 Å². The topological polar surface area (TPSA) is 24.1 Å². The van der Waals surface area contributed by atoms with Crippen LogP contribution in [0.1, 0.15) is 67.2 Å². The minimum absolute atomic E-state index is 0. The van der Waals surface area contributed by atoms with Gasteiger partial charge < -0.3 is 10.6 Å². The second-order valence-corrected chi connectivity index (χ2v) is 8.15. The van der Waals surface area contributed by atoms with Crippen LogP contribution in [0.4, 0.5) is 0 Å². The van der Waals surface area contributed by atoms with E-state index in [1.54, 1.807) is 0 Å². The molecule has 0 radical (unpaired) electrons. The van der Waals surface area contributed by atoms with Crippen LogP contribution < -0.4 is 10.6 Å². The number of hydrogen-bond donors (Lipinski definition) is 2. The van der Waals surface area contributed by atoms with Gasteiger partial charge in [0, 0.05) is 11.1 Å². The van der Waals surface area contributed by atoms with Crippen LogP contribution in [0.25, 0.3) is 0 Å². The molecule has 0 atom stereocenters. The highest BCUT2D eigenvalue weighted by molar-refractivity contribution is 5.85. The van der Waals surface area contributed by atoms with E-state index in [0.717, 1.165) is 11.8 Å². The molecule has 2 N–H and O–H groups in total. The number of hydrogen-bond acceptors (Lipinski definition) is 2. The van der Waals surface area contributed by atoms with E-state index in [2.05, 4.69) is 52.2 Å². The lowest BCUT2D eigenvalue weighted by atomic mass is 9.81. The van der Waals surface area contributed by atoms with E-state index < -0.39 is 0 Å². The Kier molecular flexibility index (Phi) is 10.8. The Morgan fingerprint density at radius 2 is 0.900 bits per heavy atom. The fourth-order valence-corrected chi connectivity index (χ4v) is 2.54. The highest BCUT2D eigenvalue weighted by atomic mass is 35.5. The summed E-state index contributed by atoms with van der Waals surface area (Å²) in [4.78, 5) is 0. The molecule has 4 heteroatoms. The van der Waals surface area contributed by atoms with E-state index in [0.29, 0.717) is 0 Å². The maximum Gasteiger partial charge on any atom is 0.00966 e. The minimum Gasteiger partial charge on any atom is -0.312 e. The van der Waals surface area contributed by atoms with Crippen LogP contribution in [-0.2, 0) is 0 Å². The van der Waals surface area contributed by atoms with Crippen LogP contribution in [0, 0.1) is 11.8 Å². The third-order valence-corrected chi connectivity index (χ3v) is 3.81. The molecule has 1 aliphatic carbocycles. The van der Waals surface area contributed by atoms with Crippen LogP contribution in [0.3, 0.4) is 0 Å². The Bertz CT molecular complexity index is 210. The SMILES string of the molecule is CC(C)(C)NCC1CCC(CNC(C)(C)C)CC1.Cl.Cl. The Labute approximate surface area is 139 Å². The summed E-state index contributed by atoms with van der Waals surface area (Å²) in [7, 11) is 0. The first-order chi connectivity index (χ1) is 8.16. The average molecular weight is 327 g/mol. The van der Waals surface area contributed by atoms with E-state index in [1.165, 1.54) is 38.8 Å². The molecule has 1 saturated carbocycles. The molecule has 1 fully saturated rings. The monoisotopic (exact) mass is 326 g/mol. The van der Waals surface area contributed by atoms with Gasteiger partial charge in [0.25, 0.3) is 0 Å². The molecular formula is C16H36Cl2N2. The molecule has 0 bridgehead atoms. The van der Waals surface area contributed by atoms with Gasteiger partial charge in [0.15, 0.2) is 0 Å². The largest absolute Gasteiger partial charge is 0.312 e. The maximum absolute atomic E-state index is 3.65. The highest BCUT2D eigenvalue weighted by Crippen LogP contribution is 2.28. The molecule has 1 aliphatic rings. The summed E-state index contributed by atoms with van der Waals surface area (Å²) in [6.45, 7) is 15.9. The lowest BCUT2D eigenvalue weighted by Gasteiger charge is -2.33. The molecule has 0 heterocycles. The van der Waals surface area contributed by atoms with Gasteiger partial charge in [-0.2, -0.15) is 0 Å². The summed E-state index contributed by atoms with van der Waals surface area (Å²) in [6, 6.07) is 0. The van der Waals surface area contributed by atoms with Crippen molar-refractivity contribution in [3.8, 4) is 0 Å². The molecule has 124 valence electrons. The standard InChI is InChI=1S/C16H34N2.2ClH/c1-15(2,3)17-11-13-7-9-14(10-8-13)12-18-16(4,5)6;;/h13-14,17-18H,7-12H2,1-6H3;2*1H. The third kappa shape index (κ3) is 11.2. The molecule has 1 rings (SSSR count). The molecule has 0 amide bonds. The zero-order valence-corrected chi connectivity index (χ0v) is 15.8. The van der Waals surface area contributed by atoms with Gasteiger partial charge in [-0.25, -0.2) is 0 Å². The van der Waals surface area contributed by atoms with E-state index in [4.69, 9.17) is 0 Å². The van der Waals surface area contributed by atoms with Crippen LogP contribution in [0.15, 0.2) is 0 Å². The maximum atomic E-state index is 3.65. The summed E-state index contributed by atoms with van der Waals surface area (Å²) in [5.41, 5.74) is 0.537. The van der Waals surface area contributed by atoms with Crippen LogP contribution in [0.2, 0.25) is 0 Å². The molecule has 2 nitrogen and oxygen atoms in total. The number of rotatable bonds is 4. The predicted octanol–water partition coefficient (Wildman–Crippen LogP) is 4.41. The van der Waals surface area contributed by atoms with Crippen LogP contribution in [0.5, 0.6) is 0 Å². The Hall–Kier alpha value is 0.500. The summed E-state index contributed by atoms with van der Waals surface area (Å²) in [6.07, 6.45) is 5.61. The van der Waals surface area contributed by atoms with Crippen molar-refractivity contribution < 1.29 is 0 Å². The molecular weight excluding hydrogens is 291 g/mol. The Morgan fingerprint density at radius 1 is 0.650 bits per heavy atom. The van der Waals surface area contributed by atoms with Crippen molar-refractivity contribution in [1.29, 1.82) is 0 Å². The van der Waals surface area contributed by atoms with E-state index in [-0.39, 0.29) is 35.9 Å². The lowest BCUT2D eigenvalue weighted by molar-refractivity contribution is 0.235. The first-order valence-corrected chi connectivity index (χ1v) is 7.66. The Balaban J connectivity index is 0. The van der Waals surface area contributed by atoms with Crippen molar-refractivity contribution in [2.75, 3.05) is 13.1 Å². The predicted molar refractivity (Wildman–Crippen MR) is 95.5 cm³/mol. The smallest absolute Gasteiger partial charge is 0.00966 e. The van der Waals surface area contributed by atoms with Crippen molar-refractivity contribution >= 4 is 24.8 Å². The molecule has 0 aliphatic heterocycles. The van der Waals surface area contributed by atoms with Crippen LogP contribution in [-0.4, -0.2) is 24.2 Å². The van der Waals surface area contributed by atoms with Gasteiger partial charge in [-0.15, -0.1) is 24.8 Å². The van der Waals surface area contributed by atoms with Crippen molar-refractivity contribution in [3.63, 3.8) is 0 Å². The van der Waals surface area contributed by atoms with Gasteiger partial charge in [-0.3, -0.25) is 0 Å². The van der Waals surface area contributed by atoms with Gasteiger partial charge in [0.2, 0.25) is 0 Å². The van der Waals surface area contributed by atoms with E-state index in [9.17, 15) is 0 Å². The zero-order valence-electron chi connectivity index (χ0n) is 14.2. The van der Waals surface area contributed by atoms with Gasteiger partial charge in [-0.05, 0) is 92.2 Å². The molecule has 0 aromatic rings. The second kappa shape index (κ2) is 9.50. The van der Waals surface area contributed by atoms with Gasteiger partial charge in [0.1, 0.15) is 0 Å². The fraction of sp³-hybridized carbons (Fsp3) is 1.00. The lowest BCUT2D eigenvalue weighted by Crippen LogP contribution is -2.42. The number of halogens is 2. The minimum atomic E-state index is 0. The molecule has 0 aromatic carbocycles. The number of nitrogens with one attached hydrogen (secondary N) is 2. The van der Waals surface area contributed by atoms with E-state index in [1.807, 2.05) is 0 Å². The first kappa shape index (κ1) is 22.8. The summed E-state index contributed by atoms with van der Waals surface area (Å²) in [5.74, 6) is 1.80. The molecule has 20 heavy (non-hydrogen) atoms. The van der Waals surface area contributed by atoms with Crippen molar-refractivity contribution in [2.24, 2.45) is 11.8 Å². The Morgan fingerprint density at radius 3 is 1.10 bits per heavy atom. The van der Waals surface area contributed by atoms with Crippen molar-refractivity contribution in [2.45, 2.75) is 78.3 Å². The molecule has 0 spiro atoms. The fourth-order valence-electron chi connectivity index (χ4n) is 2.54. The molecule has 0 aromatic heterocycles. The normalized spacial score (nSPS) is 23.7. The summed E-state index contributed by atoms with van der Waals surface area (Å²) >= 11 is 0. The van der Waals surface area contributed by atoms with Crippen molar-refractivity contribution in [3.05, 3.63) is 0 Å². The van der Waals surface area contributed by atoms with Gasteiger partial charge >= 0.3 is 0 Å². The first-order valence-electron chi connectivity index (χ1n) is 7.66. The quantitative estimate of drug-likeness (QED) is 0.799. The summed E-state index contributed by atoms with van der Waals surface area (Å²) < 4.78 is 0. The van der Waals surface area contributed by atoms with Gasteiger partial charge in [0.05, 0.1) is 0 Å². The second-order valence-electron chi connectivity index (χ2n) is 8.15. The summed E-state index contributed by atoms with van der Waals surface area (Å²) in [5, 5.41) is 7.29. The zero-order chi connectivity index (χ0) is 13.8. The van der Waals surface area contributed by atoms with Crippen LogP contribution >= 0.6 is 24.8 Å². The van der Waals surface area contributed by atoms with Gasteiger partial charge in [-0.1, -0.05) is 0 Å². The van der Waals surface area contributed by atoms with E-state index >= 15 is 0 Å². The molecule has 0 saturated heterocycles. The highest BCUT2D eigenvalue weighted by Gasteiger charge is 2.23. The average Bonchev–Trinajstić information content (AvgIpc) is 2.23.